The third-order valence-corrected chi connectivity index (χ3v) is 10.7. The van der Waals surface area contributed by atoms with Crippen molar-refractivity contribution in [1.82, 2.24) is 19.9 Å². The molecule has 0 amide bonds. The molecule has 0 aliphatic carbocycles. The van der Waals surface area contributed by atoms with Crippen LogP contribution in [0.15, 0.2) is 97.1 Å². The van der Waals surface area contributed by atoms with E-state index in [0.717, 1.165) is 112 Å². The molecule has 0 atom stereocenters. The fraction of sp³-hybridized carbons (Fsp3) is 0.308. The summed E-state index contributed by atoms with van der Waals surface area (Å²) >= 11 is 0. The summed E-state index contributed by atoms with van der Waals surface area (Å²) in [5.74, 6) is 4.68. The first-order valence-corrected chi connectivity index (χ1v) is 21.4. The molecular formula is C52H54N4O4. The Morgan fingerprint density at radius 3 is 1.12 bits per heavy atom. The van der Waals surface area contributed by atoms with Gasteiger partial charge in [-0.2, -0.15) is 0 Å². The van der Waals surface area contributed by atoms with Gasteiger partial charge >= 0.3 is 0 Å². The molecule has 4 aromatic carbocycles. The molecular weight excluding hydrogens is 745 g/mol. The van der Waals surface area contributed by atoms with Crippen molar-refractivity contribution in [2.75, 3.05) is 26.4 Å². The third-order valence-electron chi connectivity index (χ3n) is 10.7. The average Bonchev–Trinajstić information content (AvgIpc) is 3.96. The Hall–Kier alpha value is -6.28. The highest BCUT2D eigenvalue weighted by molar-refractivity contribution is 6.13. The molecule has 8 heteroatoms. The lowest BCUT2D eigenvalue weighted by Gasteiger charge is -2.12. The molecule has 9 rings (SSSR count). The van der Waals surface area contributed by atoms with E-state index >= 15 is 0 Å². The summed E-state index contributed by atoms with van der Waals surface area (Å²) in [4.78, 5) is 18.5. The molecule has 306 valence electrons. The lowest BCUT2D eigenvalue weighted by molar-refractivity contribution is 0.272. The van der Waals surface area contributed by atoms with Crippen molar-refractivity contribution in [2.24, 2.45) is 23.7 Å². The number of nitrogens with one attached hydrogen (secondary N) is 2. The van der Waals surface area contributed by atoms with Gasteiger partial charge < -0.3 is 28.9 Å². The minimum atomic E-state index is 0.356. The van der Waals surface area contributed by atoms with Crippen LogP contribution < -0.4 is 18.9 Å². The smallest absolute Gasteiger partial charge is 0.129 e. The molecule has 0 unspecified atom stereocenters. The molecule has 60 heavy (non-hydrogen) atoms. The number of aromatic amines is 2. The van der Waals surface area contributed by atoms with E-state index in [1.165, 1.54) is 0 Å². The number of hydrogen-bond donors (Lipinski definition) is 2. The van der Waals surface area contributed by atoms with Crippen molar-refractivity contribution in [3.8, 4) is 68.0 Å². The van der Waals surface area contributed by atoms with Crippen molar-refractivity contribution in [2.45, 2.75) is 55.4 Å². The van der Waals surface area contributed by atoms with Crippen LogP contribution in [-0.4, -0.2) is 46.4 Å². The highest BCUT2D eigenvalue weighted by Gasteiger charge is 2.25. The van der Waals surface area contributed by atoms with Crippen LogP contribution in [0.4, 0.5) is 0 Å². The van der Waals surface area contributed by atoms with E-state index in [1.54, 1.807) is 0 Å². The highest BCUT2D eigenvalue weighted by atomic mass is 16.5. The predicted molar refractivity (Wildman–Crippen MR) is 246 cm³/mol. The minimum absolute atomic E-state index is 0.356. The first-order chi connectivity index (χ1) is 29.0. The normalized spacial score (nSPS) is 12.2. The summed E-state index contributed by atoms with van der Waals surface area (Å²) < 4.78 is 26.2. The van der Waals surface area contributed by atoms with Gasteiger partial charge in [-0.05, 0) is 72.2 Å². The lowest BCUT2D eigenvalue weighted by atomic mass is 10.0. The summed E-state index contributed by atoms with van der Waals surface area (Å²) in [5.41, 5.74) is 10.9. The summed E-state index contributed by atoms with van der Waals surface area (Å²) in [6, 6.07) is 33.7. The molecule has 0 radical (unpaired) electrons. The largest absolute Gasteiger partial charge is 0.493 e. The zero-order chi connectivity index (χ0) is 41.7. The van der Waals surface area contributed by atoms with Crippen molar-refractivity contribution in [3.05, 3.63) is 97.1 Å². The Bertz CT molecular complexity index is 2720. The first-order valence-electron chi connectivity index (χ1n) is 21.4. The molecule has 3 aromatic heterocycles. The van der Waals surface area contributed by atoms with Crippen molar-refractivity contribution < 1.29 is 18.9 Å². The van der Waals surface area contributed by atoms with Crippen LogP contribution in [0.25, 0.3) is 88.6 Å². The summed E-state index contributed by atoms with van der Waals surface area (Å²) in [6.07, 6.45) is 0. The Kier molecular flexibility index (Phi) is 10.5. The third kappa shape index (κ3) is 7.44. The molecule has 5 heterocycles. The van der Waals surface area contributed by atoms with Crippen LogP contribution in [0.3, 0.4) is 0 Å². The van der Waals surface area contributed by atoms with Gasteiger partial charge in [-0.1, -0.05) is 104 Å². The van der Waals surface area contributed by atoms with Gasteiger partial charge in [0.15, 0.2) is 0 Å². The van der Waals surface area contributed by atoms with E-state index in [0.29, 0.717) is 50.1 Å². The van der Waals surface area contributed by atoms with Gasteiger partial charge in [0.05, 0.1) is 71.4 Å². The fourth-order valence-corrected chi connectivity index (χ4v) is 8.05. The zero-order valence-corrected chi connectivity index (χ0v) is 35.9. The number of nitrogens with zero attached hydrogens (tertiary/aromatic N) is 2. The van der Waals surface area contributed by atoms with Gasteiger partial charge in [-0.3, -0.25) is 0 Å². The van der Waals surface area contributed by atoms with Gasteiger partial charge in [0.1, 0.15) is 23.0 Å². The minimum Gasteiger partial charge on any atom is -0.493 e. The van der Waals surface area contributed by atoms with Crippen LogP contribution in [0, 0.1) is 23.7 Å². The number of aromatic nitrogens is 4. The second kappa shape index (κ2) is 16.1. The molecule has 0 fully saturated rings. The monoisotopic (exact) mass is 798 g/mol. The molecule has 8 bridgehead atoms. The summed E-state index contributed by atoms with van der Waals surface area (Å²) in [7, 11) is 0. The molecule has 2 N–H and O–H groups in total. The van der Waals surface area contributed by atoms with E-state index in [1.807, 2.05) is 0 Å². The number of H-pyrrole nitrogens is 2. The second-order valence-corrected chi connectivity index (χ2v) is 17.8. The van der Waals surface area contributed by atoms with Crippen molar-refractivity contribution in [1.29, 1.82) is 0 Å². The predicted octanol–water partition coefficient (Wildman–Crippen LogP) is 13.4. The van der Waals surface area contributed by atoms with Gasteiger partial charge in [0.25, 0.3) is 0 Å². The van der Waals surface area contributed by atoms with Crippen LogP contribution in [0.2, 0.25) is 0 Å². The van der Waals surface area contributed by atoms with Crippen LogP contribution >= 0.6 is 0 Å². The van der Waals surface area contributed by atoms with Crippen molar-refractivity contribution >= 4 is 43.6 Å². The molecule has 7 aromatic rings. The van der Waals surface area contributed by atoms with Crippen molar-refractivity contribution in [3.63, 3.8) is 0 Å². The lowest BCUT2D eigenvalue weighted by Crippen LogP contribution is -2.05. The number of fused-ring (bicyclic) bond motifs is 20. The maximum atomic E-state index is 6.54. The number of rotatable bonds is 12. The van der Waals surface area contributed by atoms with Crippen LogP contribution in [0.5, 0.6) is 23.0 Å². The van der Waals surface area contributed by atoms with Gasteiger partial charge in [-0.15, -0.1) is 0 Å². The summed E-state index contributed by atoms with van der Waals surface area (Å²) in [5, 5.41) is 4.05. The molecule has 0 spiro atoms. The zero-order valence-electron chi connectivity index (χ0n) is 35.9. The maximum absolute atomic E-state index is 6.54. The number of benzene rings is 4. The molecule has 0 saturated heterocycles. The Morgan fingerprint density at radius 1 is 0.400 bits per heavy atom. The first kappa shape index (κ1) is 39.2. The standard InChI is InChI=1S/C52H54N4O4/c1-29(2)25-57-45-17-9-13-33-37-22-42-51-35(15-11-19-47(51)59-27-31(5)6)39(55-42)24-44-52-36(16-12-20-48(52)60-28-32(7)8)40(56-44)23-43-50-34(14-10-18-46(50)58-26-30(3)4)38(54-43)21-41(53-37)49(33)45/h9-24,29-32,53,56H,25-28H2,1-8H3. The quantitative estimate of drug-likeness (QED) is 0.128. The topological polar surface area (TPSA) is 94.3 Å². The van der Waals surface area contributed by atoms with E-state index < -0.39 is 0 Å². The van der Waals surface area contributed by atoms with E-state index in [2.05, 4.69) is 162 Å². The SMILES string of the molecule is CC(C)COc1cccc2c1-c1cc3[nH]c(cc4nc(cc5[nH]c(cc-2n1)c1c(OCC(C)C)cccc51)-c1c(OCC(C)C)cccc1-4)c1c(OCC(C)C)cccc31. The molecule has 8 nitrogen and oxygen atoms in total. The van der Waals surface area contributed by atoms with E-state index in [-0.39, 0.29) is 0 Å². The number of ether oxygens (including phenoxy) is 4. The van der Waals surface area contributed by atoms with E-state index in [4.69, 9.17) is 28.9 Å². The fourth-order valence-electron chi connectivity index (χ4n) is 8.05. The molecule has 0 saturated carbocycles. The average molecular weight is 799 g/mol. The molecule has 2 aliphatic rings. The maximum Gasteiger partial charge on any atom is 0.129 e. The van der Waals surface area contributed by atoms with Crippen LogP contribution in [-0.2, 0) is 0 Å². The molecule has 2 aliphatic heterocycles. The highest BCUT2D eigenvalue weighted by Crippen LogP contribution is 2.47. The summed E-state index contributed by atoms with van der Waals surface area (Å²) in [6.45, 7) is 19.7. The Balaban J connectivity index is 1.43. The Morgan fingerprint density at radius 2 is 0.733 bits per heavy atom. The van der Waals surface area contributed by atoms with Gasteiger partial charge in [0, 0.05) is 43.7 Å². The van der Waals surface area contributed by atoms with Crippen LogP contribution in [0.1, 0.15) is 55.4 Å². The van der Waals surface area contributed by atoms with Gasteiger partial charge in [-0.25, -0.2) is 9.97 Å². The number of hydrogen-bond acceptors (Lipinski definition) is 6. The van der Waals surface area contributed by atoms with Gasteiger partial charge in [0.2, 0.25) is 0 Å². The Labute approximate surface area is 351 Å². The van der Waals surface area contributed by atoms with E-state index in [9.17, 15) is 0 Å². The second-order valence-electron chi connectivity index (χ2n) is 17.8.